The zero-order chi connectivity index (χ0) is 19.2. The van der Waals surface area contributed by atoms with E-state index in [1.165, 1.54) is 18.2 Å². The minimum atomic E-state index is -0.567. The summed E-state index contributed by atoms with van der Waals surface area (Å²) in [5, 5.41) is 13.0. The second-order valence-electron chi connectivity index (χ2n) is 5.72. The number of aromatic nitrogens is 1. The highest BCUT2D eigenvalue weighted by molar-refractivity contribution is 9.10. The Morgan fingerprint density at radius 1 is 1.11 bits per heavy atom. The van der Waals surface area contributed by atoms with Gasteiger partial charge in [0.25, 0.3) is 5.91 Å². The maximum absolute atomic E-state index is 12.9. The van der Waals surface area contributed by atoms with Gasteiger partial charge in [-0.05, 0) is 39.2 Å². The molecule has 2 aromatic carbocycles. The molecule has 2 N–H and O–H groups in total. The molecule has 0 fully saturated rings. The van der Waals surface area contributed by atoms with Crippen molar-refractivity contribution in [3.05, 3.63) is 87.9 Å². The van der Waals surface area contributed by atoms with Crippen LogP contribution < -0.4 is 10.1 Å². The van der Waals surface area contributed by atoms with Gasteiger partial charge in [0.15, 0.2) is 17.2 Å². The topological polar surface area (TPSA) is 71.5 Å². The zero-order valence-electron chi connectivity index (χ0n) is 14.2. The summed E-state index contributed by atoms with van der Waals surface area (Å²) < 4.78 is 18.9. The highest BCUT2D eigenvalue weighted by Crippen LogP contribution is 2.32. The van der Waals surface area contributed by atoms with E-state index in [0.29, 0.717) is 4.60 Å². The van der Waals surface area contributed by atoms with Gasteiger partial charge in [0, 0.05) is 12.6 Å². The van der Waals surface area contributed by atoms with Crippen LogP contribution in [0.2, 0.25) is 0 Å². The van der Waals surface area contributed by atoms with Crippen molar-refractivity contribution < 1.29 is 19.0 Å². The van der Waals surface area contributed by atoms with Crippen LogP contribution in [0.15, 0.2) is 65.3 Å². The molecule has 0 aliphatic heterocycles. The Bertz CT molecular complexity index is 934. The standard InChI is InChI=1S/C20H16BrFN2O3/c21-17-10-16(27-12-14-4-2-1-3-5-14)19(25)18(24-17)20(26)23-11-13-6-8-15(22)9-7-13/h1-10,25H,11-12H2,(H,23,26). The van der Waals surface area contributed by atoms with Gasteiger partial charge in [0.1, 0.15) is 17.0 Å². The van der Waals surface area contributed by atoms with E-state index in [2.05, 4.69) is 26.2 Å². The van der Waals surface area contributed by atoms with Crippen LogP contribution in [0.1, 0.15) is 21.6 Å². The van der Waals surface area contributed by atoms with Crippen molar-refractivity contribution in [3.8, 4) is 11.5 Å². The number of hydrogen-bond donors (Lipinski definition) is 2. The molecular weight excluding hydrogens is 415 g/mol. The van der Waals surface area contributed by atoms with E-state index in [1.807, 2.05) is 30.3 Å². The molecule has 0 radical (unpaired) electrons. The Morgan fingerprint density at radius 2 is 1.81 bits per heavy atom. The number of aromatic hydroxyl groups is 1. The van der Waals surface area contributed by atoms with E-state index in [-0.39, 0.29) is 36.2 Å². The van der Waals surface area contributed by atoms with Crippen molar-refractivity contribution in [3.63, 3.8) is 0 Å². The second kappa shape index (κ2) is 8.64. The molecule has 7 heteroatoms. The first-order valence-corrected chi connectivity index (χ1v) is 8.91. The largest absolute Gasteiger partial charge is 0.503 e. The van der Waals surface area contributed by atoms with E-state index in [0.717, 1.165) is 11.1 Å². The molecule has 0 saturated carbocycles. The first-order chi connectivity index (χ1) is 13.0. The Morgan fingerprint density at radius 3 is 2.52 bits per heavy atom. The number of amides is 1. The fraction of sp³-hybridized carbons (Fsp3) is 0.100. The van der Waals surface area contributed by atoms with E-state index < -0.39 is 5.91 Å². The molecular formula is C20H16BrFN2O3. The Kier molecular flexibility index (Phi) is 6.03. The molecule has 5 nitrogen and oxygen atoms in total. The van der Waals surface area contributed by atoms with Crippen LogP contribution in [0.3, 0.4) is 0 Å². The third-order valence-corrected chi connectivity index (χ3v) is 4.15. The monoisotopic (exact) mass is 430 g/mol. The minimum absolute atomic E-state index is 0.146. The number of rotatable bonds is 6. The molecule has 0 spiro atoms. The van der Waals surface area contributed by atoms with Gasteiger partial charge >= 0.3 is 0 Å². The molecule has 1 aromatic heterocycles. The maximum atomic E-state index is 12.9. The van der Waals surface area contributed by atoms with Crippen molar-refractivity contribution in [1.82, 2.24) is 10.3 Å². The highest BCUT2D eigenvalue weighted by Gasteiger charge is 2.19. The number of pyridine rings is 1. The van der Waals surface area contributed by atoms with Crippen LogP contribution in [0.25, 0.3) is 0 Å². The van der Waals surface area contributed by atoms with Gasteiger partial charge in [-0.15, -0.1) is 0 Å². The first kappa shape index (κ1) is 18.8. The number of carbonyl (C=O) groups excluding carboxylic acids is 1. The van der Waals surface area contributed by atoms with Crippen LogP contribution in [0.4, 0.5) is 4.39 Å². The molecule has 3 rings (SSSR count). The molecule has 1 amide bonds. The third-order valence-electron chi connectivity index (χ3n) is 3.75. The van der Waals surface area contributed by atoms with Crippen molar-refractivity contribution in [2.45, 2.75) is 13.2 Å². The lowest BCUT2D eigenvalue weighted by molar-refractivity contribution is 0.0941. The normalized spacial score (nSPS) is 10.4. The molecule has 138 valence electrons. The Hall–Kier alpha value is -2.93. The molecule has 0 unspecified atom stereocenters. The van der Waals surface area contributed by atoms with Crippen molar-refractivity contribution in [2.75, 3.05) is 0 Å². The number of carbonyl (C=O) groups is 1. The molecule has 0 bridgehead atoms. The number of hydrogen-bond acceptors (Lipinski definition) is 4. The molecule has 3 aromatic rings. The van der Waals surface area contributed by atoms with Gasteiger partial charge in [-0.25, -0.2) is 9.37 Å². The van der Waals surface area contributed by atoms with Crippen LogP contribution in [-0.2, 0) is 13.2 Å². The minimum Gasteiger partial charge on any atom is -0.503 e. The van der Waals surface area contributed by atoms with Gasteiger partial charge < -0.3 is 15.2 Å². The Labute approximate surface area is 164 Å². The number of benzene rings is 2. The predicted molar refractivity (Wildman–Crippen MR) is 102 cm³/mol. The van der Waals surface area contributed by atoms with E-state index in [1.54, 1.807) is 12.1 Å². The van der Waals surface area contributed by atoms with Gasteiger partial charge in [-0.3, -0.25) is 4.79 Å². The fourth-order valence-electron chi connectivity index (χ4n) is 2.36. The molecule has 0 aliphatic rings. The number of nitrogens with zero attached hydrogens (tertiary/aromatic N) is 1. The summed E-state index contributed by atoms with van der Waals surface area (Å²) in [6.07, 6.45) is 0. The van der Waals surface area contributed by atoms with Gasteiger partial charge in [-0.1, -0.05) is 42.5 Å². The second-order valence-corrected chi connectivity index (χ2v) is 6.54. The molecule has 1 heterocycles. The molecule has 27 heavy (non-hydrogen) atoms. The summed E-state index contributed by atoms with van der Waals surface area (Å²) in [6, 6.07) is 16.7. The quantitative estimate of drug-likeness (QED) is 0.574. The maximum Gasteiger partial charge on any atom is 0.274 e. The van der Waals surface area contributed by atoms with Crippen LogP contribution in [-0.4, -0.2) is 16.0 Å². The third kappa shape index (κ3) is 5.04. The summed E-state index contributed by atoms with van der Waals surface area (Å²) in [7, 11) is 0. The van der Waals surface area contributed by atoms with Crippen LogP contribution >= 0.6 is 15.9 Å². The SMILES string of the molecule is O=C(NCc1ccc(F)cc1)c1nc(Br)cc(OCc2ccccc2)c1O. The number of nitrogens with one attached hydrogen (secondary N) is 1. The zero-order valence-corrected chi connectivity index (χ0v) is 15.7. The highest BCUT2D eigenvalue weighted by atomic mass is 79.9. The van der Waals surface area contributed by atoms with Crippen molar-refractivity contribution in [2.24, 2.45) is 0 Å². The van der Waals surface area contributed by atoms with Gasteiger partial charge in [-0.2, -0.15) is 0 Å². The summed E-state index contributed by atoms with van der Waals surface area (Å²) in [6.45, 7) is 0.411. The van der Waals surface area contributed by atoms with Crippen molar-refractivity contribution in [1.29, 1.82) is 0 Å². The predicted octanol–water partition coefficient (Wildman–Crippen LogP) is 4.20. The summed E-state index contributed by atoms with van der Waals surface area (Å²) in [5.41, 5.74) is 1.49. The lowest BCUT2D eigenvalue weighted by Gasteiger charge is -2.12. The first-order valence-electron chi connectivity index (χ1n) is 8.12. The van der Waals surface area contributed by atoms with Gasteiger partial charge in [0.2, 0.25) is 0 Å². The summed E-state index contributed by atoms with van der Waals surface area (Å²) >= 11 is 3.22. The molecule has 0 atom stereocenters. The van der Waals surface area contributed by atoms with E-state index >= 15 is 0 Å². The summed E-state index contributed by atoms with van der Waals surface area (Å²) in [5.74, 6) is -1.11. The lowest BCUT2D eigenvalue weighted by atomic mass is 10.2. The summed E-state index contributed by atoms with van der Waals surface area (Å²) in [4.78, 5) is 16.4. The lowest BCUT2D eigenvalue weighted by Crippen LogP contribution is -2.24. The van der Waals surface area contributed by atoms with Crippen LogP contribution in [0.5, 0.6) is 11.5 Å². The van der Waals surface area contributed by atoms with Crippen LogP contribution in [0, 0.1) is 5.82 Å². The molecule has 0 saturated heterocycles. The molecule has 0 aliphatic carbocycles. The fourth-order valence-corrected chi connectivity index (χ4v) is 2.74. The van der Waals surface area contributed by atoms with E-state index in [9.17, 15) is 14.3 Å². The Balaban J connectivity index is 1.71. The average molecular weight is 431 g/mol. The van der Waals surface area contributed by atoms with Gasteiger partial charge in [0.05, 0.1) is 0 Å². The van der Waals surface area contributed by atoms with E-state index in [4.69, 9.17) is 4.74 Å². The average Bonchev–Trinajstić information content (AvgIpc) is 2.68. The smallest absolute Gasteiger partial charge is 0.274 e. The number of halogens is 2. The number of ether oxygens (including phenoxy) is 1. The van der Waals surface area contributed by atoms with Crippen molar-refractivity contribution >= 4 is 21.8 Å².